The molecule has 0 aliphatic rings. The molecule has 2 heteroatoms. The van der Waals surface area contributed by atoms with Gasteiger partial charge in [0.25, 0.3) is 0 Å². The van der Waals surface area contributed by atoms with E-state index in [2.05, 4.69) is 26.2 Å². The molecule has 1 rings (SSSR count). The molecule has 1 atom stereocenters. The van der Waals surface area contributed by atoms with Crippen molar-refractivity contribution in [1.29, 1.82) is 0 Å². The molecule has 0 saturated heterocycles. The Morgan fingerprint density at radius 1 is 1.33 bits per heavy atom. The summed E-state index contributed by atoms with van der Waals surface area (Å²) in [5, 5.41) is 14.0. The van der Waals surface area contributed by atoms with Gasteiger partial charge in [-0.1, -0.05) is 20.8 Å². The van der Waals surface area contributed by atoms with Gasteiger partial charge in [0.1, 0.15) is 0 Å². The Balaban J connectivity index is 2.92. The van der Waals surface area contributed by atoms with Crippen LogP contribution in [-0.4, -0.2) is 5.11 Å². The van der Waals surface area contributed by atoms with Crippen LogP contribution in [0.4, 0.5) is 0 Å². The maximum Gasteiger partial charge on any atom is 0.0848 e. The second kappa shape index (κ2) is 3.19. The highest BCUT2D eigenvalue weighted by Gasteiger charge is 2.25. The van der Waals surface area contributed by atoms with Crippen molar-refractivity contribution in [3.05, 3.63) is 21.9 Å². The molecule has 0 radical (unpaired) electrons. The molecule has 1 heterocycles. The van der Waals surface area contributed by atoms with Gasteiger partial charge >= 0.3 is 0 Å². The maximum absolute atomic E-state index is 9.93. The SMILES string of the molecule is Cc1cscc1C(O)C(C)(C)C. The van der Waals surface area contributed by atoms with Crippen molar-refractivity contribution in [1.82, 2.24) is 0 Å². The lowest BCUT2D eigenvalue weighted by Gasteiger charge is -2.25. The summed E-state index contributed by atoms with van der Waals surface area (Å²) in [6, 6.07) is 0. The second-order valence-electron chi connectivity index (χ2n) is 4.28. The van der Waals surface area contributed by atoms with E-state index < -0.39 is 0 Å². The smallest absolute Gasteiger partial charge is 0.0848 e. The first-order valence-corrected chi connectivity index (χ1v) is 5.08. The van der Waals surface area contributed by atoms with Gasteiger partial charge in [-0.2, -0.15) is 11.3 Å². The van der Waals surface area contributed by atoms with E-state index in [9.17, 15) is 5.11 Å². The largest absolute Gasteiger partial charge is 0.388 e. The molecular formula is C10H16OS. The Hall–Kier alpha value is -0.340. The lowest BCUT2D eigenvalue weighted by atomic mass is 9.85. The molecule has 1 aromatic heterocycles. The van der Waals surface area contributed by atoms with Crippen LogP contribution in [-0.2, 0) is 0 Å². The minimum absolute atomic E-state index is 0.0637. The van der Waals surface area contributed by atoms with Crippen molar-refractivity contribution in [2.75, 3.05) is 0 Å². The van der Waals surface area contributed by atoms with E-state index in [1.165, 1.54) is 5.56 Å². The molecule has 1 N–H and O–H groups in total. The highest BCUT2D eigenvalue weighted by Crippen LogP contribution is 2.35. The van der Waals surface area contributed by atoms with Crippen LogP contribution in [0.25, 0.3) is 0 Å². The molecule has 1 unspecified atom stereocenters. The van der Waals surface area contributed by atoms with Gasteiger partial charge in [0.2, 0.25) is 0 Å². The number of hydrogen-bond acceptors (Lipinski definition) is 2. The van der Waals surface area contributed by atoms with Crippen molar-refractivity contribution in [2.24, 2.45) is 5.41 Å². The third-order valence-corrected chi connectivity index (χ3v) is 2.89. The number of aliphatic hydroxyl groups is 1. The number of aliphatic hydroxyl groups excluding tert-OH is 1. The first kappa shape index (κ1) is 9.75. The normalized spacial score (nSPS) is 14.8. The summed E-state index contributed by atoms with van der Waals surface area (Å²) in [5.41, 5.74) is 2.21. The maximum atomic E-state index is 9.93. The van der Waals surface area contributed by atoms with Crippen molar-refractivity contribution in [2.45, 2.75) is 33.8 Å². The zero-order valence-corrected chi connectivity index (χ0v) is 8.90. The Kier molecular flexibility index (Phi) is 2.59. The van der Waals surface area contributed by atoms with Gasteiger partial charge in [-0.15, -0.1) is 0 Å². The Morgan fingerprint density at radius 3 is 2.25 bits per heavy atom. The van der Waals surface area contributed by atoms with Crippen molar-refractivity contribution < 1.29 is 5.11 Å². The summed E-state index contributed by atoms with van der Waals surface area (Å²) >= 11 is 1.65. The fourth-order valence-electron chi connectivity index (χ4n) is 1.12. The van der Waals surface area contributed by atoms with E-state index in [4.69, 9.17) is 0 Å². The zero-order valence-electron chi connectivity index (χ0n) is 8.09. The van der Waals surface area contributed by atoms with E-state index in [1.807, 2.05) is 12.3 Å². The molecule has 0 aliphatic heterocycles. The molecule has 1 aromatic rings. The minimum Gasteiger partial charge on any atom is -0.388 e. The van der Waals surface area contributed by atoms with E-state index in [1.54, 1.807) is 11.3 Å². The molecule has 0 bridgehead atoms. The third kappa shape index (κ3) is 1.87. The van der Waals surface area contributed by atoms with Crippen LogP contribution in [0.5, 0.6) is 0 Å². The summed E-state index contributed by atoms with van der Waals surface area (Å²) in [6.45, 7) is 8.19. The van der Waals surface area contributed by atoms with Crippen LogP contribution < -0.4 is 0 Å². The highest BCUT2D eigenvalue weighted by molar-refractivity contribution is 7.08. The summed E-state index contributed by atoms with van der Waals surface area (Å²) in [7, 11) is 0. The molecule has 0 aliphatic carbocycles. The Labute approximate surface area is 78.1 Å². The fourth-order valence-corrected chi connectivity index (χ4v) is 1.99. The van der Waals surface area contributed by atoms with E-state index in [0.29, 0.717) is 0 Å². The molecular weight excluding hydrogens is 168 g/mol. The lowest BCUT2D eigenvalue weighted by molar-refractivity contribution is 0.0625. The van der Waals surface area contributed by atoms with Crippen LogP contribution in [0, 0.1) is 12.3 Å². The van der Waals surface area contributed by atoms with Gasteiger partial charge < -0.3 is 5.11 Å². The van der Waals surface area contributed by atoms with Gasteiger partial charge in [-0.05, 0) is 34.2 Å². The predicted octanol–water partition coefficient (Wildman–Crippen LogP) is 3.14. The summed E-state index contributed by atoms with van der Waals surface area (Å²) in [4.78, 5) is 0. The first-order chi connectivity index (χ1) is 5.43. The number of hydrogen-bond donors (Lipinski definition) is 1. The van der Waals surface area contributed by atoms with E-state index in [0.717, 1.165) is 5.56 Å². The summed E-state index contributed by atoms with van der Waals surface area (Å²) in [5.74, 6) is 0. The second-order valence-corrected chi connectivity index (χ2v) is 5.02. The van der Waals surface area contributed by atoms with Crippen LogP contribution in [0.2, 0.25) is 0 Å². The topological polar surface area (TPSA) is 20.2 Å². The van der Waals surface area contributed by atoms with Crippen LogP contribution in [0.3, 0.4) is 0 Å². The number of aryl methyl sites for hydroxylation is 1. The molecule has 0 spiro atoms. The fraction of sp³-hybridized carbons (Fsp3) is 0.600. The van der Waals surface area contributed by atoms with Crippen molar-refractivity contribution >= 4 is 11.3 Å². The van der Waals surface area contributed by atoms with Crippen LogP contribution in [0.1, 0.15) is 38.0 Å². The first-order valence-electron chi connectivity index (χ1n) is 4.13. The minimum atomic E-state index is -0.344. The summed E-state index contributed by atoms with van der Waals surface area (Å²) < 4.78 is 0. The predicted molar refractivity (Wildman–Crippen MR) is 53.5 cm³/mol. The van der Waals surface area contributed by atoms with Gasteiger partial charge in [-0.25, -0.2) is 0 Å². The van der Waals surface area contributed by atoms with Gasteiger partial charge in [0, 0.05) is 0 Å². The van der Waals surface area contributed by atoms with Crippen molar-refractivity contribution in [3.63, 3.8) is 0 Å². The Morgan fingerprint density at radius 2 is 1.92 bits per heavy atom. The van der Waals surface area contributed by atoms with E-state index in [-0.39, 0.29) is 11.5 Å². The van der Waals surface area contributed by atoms with Crippen LogP contribution in [0.15, 0.2) is 10.8 Å². The average Bonchev–Trinajstić information content (AvgIpc) is 2.31. The highest BCUT2D eigenvalue weighted by atomic mass is 32.1. The number of thiophene rings is 1. The zero-order chi connectivity index (χ0) is 9.35. The third-order valence-electron chi connectivity index (χ3n) is 2.01. The van der Waals surface area contributed by atoms with Crippen LogP contribution >= 0.6 is 11.3 Å². The van der Waals surface area contributed by atoms with E-state index >= 15 is 0 Å². The summed E-state index contributed by atoms with van der Waals surface area (Å²) in [6.07, 6.45) is -0.344. The quantitative estimate of drug-likeness (QED) is 0.711. The monoisotopic (exact) mass is 184 g/mol. The van der Waals surface area contributed by atoms with Gasteiger partial charge in [0.15, 0.2) is 0 Å². The lowest BCUT2D eigenvalue weighted by Crippen LogP contribution is -2.17. The Bertz CT molecular complexity index is 257. The standard InChI is InChI=1S/C10H16OS/c1-7-5-12-6-8(7)9(11)10(2,3)4/h5-6,9,11H,1-4H3. The molecule has 0 saturated carbocycles. The van der Waals surface area contributed by atoms with Crippen molar-refractivity contribution in [3.8, 4) is 0 Å². The molecule has 68 valence electrons. The molecule has 12 heavy (non-hydrogen) atoms. The number of rotatable bonds is 1. The average molecular weight is 184 g/mol. The molecule has 0 amide bonds. The van der Waals surface area contributed by atoms with Gasteiger partial charge in [0.05, 0.1) is 6.10 Å². The van der Waals surface area contributed by atoms with Gasteiger partial charge in [-0.3, -0.25) is 0 Å². The molecule has 1 nitrogen and oxygen atoms in total. The molecule has 0 fully saturated rings. The molecule has 0 aromatic carbocycles.